The molecule has 3 aromatic carbocycles. The molecule has 0 fully saturated rings. The quantitative estimate of drug-likeness (QED) is 0.287. The standard InChI is InChI=1S/C22H16Cl2N2O2S/c23-17-7-3-5-15(11-17)13-28-26-21(27)19-9-1-2-10-20(19)25-22(26)29-14-16-6-4-8-18(24)12-16/h1-12H,13-14H2. The van der Waals surface area contributed by atoms with Crippen LogP contribution >= 0.6 is 35.0 Å². The molecule has 1 aromatic heterocycles. The highest BCUT2D eigenvalue weighted by Gasteiger charge is 2.13. The van der Waals surface area contributed by atoms with Crippen molar-refractivity contribution in [2.75, 3.05) is 0 Å². The van der Waals surface area contributed by atoms with Gasteiger partial charge in [0.25, 0.3) is 5.56 Å². The van der Waals surface area contributed by atoms with E-state index >= 15 is 0 Å². The van der Waals surface area contributed by atoms with Crippen LogP contribution in [0.15, 0.2) is 82.7 Å². The van der Waals surface area contributed by atoms with Crippen LogP contribution in [0, 0.1) is 0 Å². The van der Waals surface area contributed by atoms with Crippen molar-refractivity contribution in [3.63, 3.8) is 0 Å². The van der Waals surface area contributed by atoms with E-state index < -0.39 is 0 Å². The van der Waals surface area contributed by atoms with Crippen LogP contribution in [0.25, 0.3) is 10.9 Å². The second kappa shape index (κ2) is 8.91. The first-order valence-electron chi connectivity index (χ1n) is 8.87. The molecule has 146 valence electrons. The summed E-state index contributed by atoms with van der Waals surface area (Å²) in [6.45, 7) is 0.200. The SMILES string of the molecule is O=c1c2ccccc2nc(SCc2cccc(Cl)c2)n1OCc1cccc(Cl)c1. The Kier molecular flexibility index (Phi) is 6.09. The van der Waals surface area contributed by atoms with Crippen LogP contribution in [0.2, 0.25) is 10.0 Å². The van der Waals surface area contributed by atoms with Crippen molar-refractivity contribution in [1.82, 2.24) is 9.71 Å². The maximum atomic E-state index is 13.0. The average molecular weight is 443 g/mol. The fourth-order valence-corrected chi connectivity index (χ4v) is 4.16. The van der Waals surface area contributed by atoms with Gasteiger partial charge in [-0.1, -0.05) is 71.4 Å². The molecule has 0 spiro atoms. The van der Waals surface area contributed by atoms with E-state index in [9.17, 15) is 4.79 Å². The lowest BCUT2D eigenvalue weighted by molar-refractivity contribution is 0.0682. The van der Waals surface area contributed by atoms with E-state index in [0.29, 0.717) is 31.9 Å². The van der Waals surface area contributed by atoms with Gasteiger partial charge in [-0.2, -0.15) is 0 Å². The van der Waals surface area contributed by atoms with Crippen LogP contribution in [-0.4, -0.2) is 9.71 Å². The van der Waals surface area contributed by atoms with Gasteiger partial charge in [0.2, 0.25) is 5.16 Å². The van der Waals surface area contributed by atoms with Crippen molar-refractivity contribution in [3.05, 3.63) is 104 Å². The van der Waals surface area contributed by atoms with Crippen LogP contribution in [0.3, 0.4) is 0 Å². The number of thioether (sulfide) groups is 1. The Morgan fingerprint density at radius 1 is 0.897 bits per heavy atom. The third kappa shape index (κ3) is 4.75. The fourth-order valence-electron chi connectivity index (χ4n) is 2.84. The van der Waals surface area contributed by atoms with Gasteiger partial charge in [-0.15, -0.1) is 4.73 Å². The molecule has 7 heteroatoms. The summed E-state index contributed by atoms with van der Waals surface area (Å²) in [5, 5.41) is 2.27. The van der Waals surface area contributed by atoms with Gasteiger partial charge < -0.3 is 4.84 Å². The molecule has 0 saturated heterocycles. The minimum absolute atomic E-state index is 0.200. The summed E-state index contributed by atoms with van der Waals surface area (Å²) in [5.74, 6) is 0.603. The molecule has 0 saturated carbocycles. The highest BCUT2D eigenvalue weighted by molar-refractivity contribution is 7.98. The summed E-state index contributed by atoms with van der Waals surface area (Å²) in [6, 6.07) is 22.2. The Morgan fingerprint density at radius 3 is 2.34 bits per heavy atom. The van der Waals surface area contributed by atoms with Crippen molar-refractivity contribution in [3.8, 4) is 0 Å². The van der Waals surface area contributed by atoms with Crippen molar-refractivity contribution >= 4 is 45.9 Å². The van der Waals surface area contributed by atoms with E-state index in [2.05, 4.69) is 4.98 Å². The van der Waals surface area contributed by atoms with E-state index in [1.54, 1.807) is 18.2 Å². The first-order valence-corrected chi connectivity index (χ1v) is 10.6. The number of nitrogens with zero attached hydrogens (tertiary/aromatic N) is 2. The van der Waals surface area contributed by atoms with Gasteiger partial charge >= 0.3 is 0 Å². The van der Waals surface area contributed by atoms with Crippen molar-refractivity contribution in [2.24, 2.45) is 0 Å². The summed E-state index contributed by atoms with van der Waals surface area (Å²) < 4.78 is 1.26. The highest BCUT2D eigenvalue weighted by Crippen LogP contribution is 2.23. The molecule has 0 aliphatic heterocycles. The summed E-state index contributed by atoms with van der Waals surface area (Å²) in [6.07, 6.45) is 0. The second-order valence-electron chi connectivity index (χ2n) is 6.33. The van der Waals surface area contributed by atoms with Crippen molar-refractivity contribution < 1.29 is 4.84 Å². The topological polar surface area (TPSA) is 44.1 Å². The molecular formula is C22H16Cl2N2O2S. The number of rotatable bonds is 6. The van der Waals surface area contributed by atoms with Gasteiger partial charge in [-0.25, -0.2) is 4.98 Å². The number of halogens is 2. The van der Waals surface area contributed by atoms with Crippen LogP contribution < -0.4 is 10.4 Å². The largest absolute Gasteiger partial charge is 0.403 e. The Hall–Kier alpha value is -2.47. The maximum Gasteiger partial charge on any atom is 0.295 e. The van der Waals surface area contributed by atoms with Crippen molar-refractivity contribution in [2.45, 2.75) is 17.5 Å². The third-order valence-corrected chi connectivity index (χ3v) is 5.68. The number of hydrogen-bond acceptors (Lipinski definition) is 4. The fraction of sp³-hybridized carbons (Fsp3) is 0.0909. The molecule has 0 unspecified atom stereocenters. The van der Waals surface area contributed by atoms with Gasteiger partial charge in [0, 0.05) is 15.8 Å². The molecule has 0 N–H and O–H groups in total. The first-order chi connectivity index (χ1) is 14.1. The Labute approximate surface area is 182 Å². The lowest BCUT2D eigenvalue weighted by atomic mass is 10.2. The molecule has 4 aromatic rings. The monoisotopic (exact) mass is 442 g/mol. The summed E-state index contributed by atoms with van der Waals surface area (Å²) in [7, 11) is 0. The molecule has 0 atom stereocenters. The van der Waals surface area contributed by atoms with E-state index in [-0.39, 0.29) is 12.2 Å². The average Bonchev–Trinajstić information content (AvgIpc) is 2.72. The number of para-hydroxylation sites is 1. The molecular weight excluding hydrogens is 427 g/mol. The first kappa shape index (κ1) is 19.8. The van der Waals surface area contributed by atoms with E-state index in [0.717, 1.165) is 11.1 Å². The van der Waals surface area contributed by atoms with Crippen LogP contribution in [0.4, 0.5) is 0 Å². The molecule has 0 amide bonds. The molecule has 29 heavy (non-hydrogen) atoms. The van der Waals surface area contributed by atoms with Gasteiger partial charge in [0.05, 0.1) is 10.9 Å². The minimum Gasteiger partial charge on any atom is -0.403 e. The molecule has 4 nitrogen and oxygen atoms in total. The molecule has 1 heterocycles. The zero-order chi connectivity index (χ0) is 20.2. The van der Waals surface area contributed by atoms with Gasteiger partial charge in [0.15, 0.2) is 0 Å². The molecule has 4 rings (SSSR count). The van der Waals surface area contributed by atoms with Crippen LogP contribution in [0.1, 0.15) is 11.1 Å². The predicted molar refractivity (Wildman–Crippen MR) is 119 cm³/mol. The number of benzene rings is 3. The Balaban J connectivity index is 1.67. The van der Waals surface area contributed by atoms with E-state index in [1.807, 2.05) is 54.6 Å². The molecule has 0 bridgehead atoms. The van der Waals surface area contributed by atoms with Crippen molar-refractivity contribution in [1.29, 1.82) is 0 Å². The van der Waals surface area contributed by atoms with E-state index in [1.165, 1.54) is 16.5 Å². The Bertz CT molecular complexity index is 1230. The van der Waals surface area contributed by atoms with E-state index in [4.69, 9.17) is 28.0 Å². The minimum atomic E-state index is -0.244. The third-order valence-electron chi connectivity index (χ3n) is 4.22. The molecule has 0 aliphatic carbocycles. The van der Waals surface area contributed by atoms with Gasteiger partial charge in [-0.05, 0) is 47.5 Å². The predicted octanol–water partition coefficient (Wildman–Crippen LogP) is 5.62. The maximum absolute atomic E-state index is 13.0. The smallest absolute Gasteiger partial charge is 0.295 e. The van der Waals surface area contributed by atoms with Gasteiger partial charge in [0.1, 0.15) is 6.61 Å². The summed E-state index contributed by atoms with van der Waals surface area (Å²) in [4.78, 5) is 23.6. The number of aromatic nitrogens is 2. The number of fused-ring (bicyclic) bond motifs is 1. The second-order valence-corrected chi connectivity index (χ2v) is 8.15. The zero-order valence-electron chi connectivity index (χ0n) is 15.2. The van der Waals surface area contributed by atoms with Gasteiger partial charge in [-0.3, -0.25) is 4.79 Å². The molecule has 0 aliphatic rings. The summed E-state index contributed by atoms with van der Waals surface area (Å²) in [5.41, 5.74) is 2.29. The highest BCUT2D eigenvalue weighted by atomic mass is 35.5. The van der Waals surface area contributed by atoms with Crippen LogP contribution in [0.5, 0.6) is 0 Å². The lowest BCUT2D eigenvalue weighted by Gasteiger charge is -2.14. The zero-order valence-corrected chi connectivity index (χ0v) is 17.5. The lowest BCUT2D eigenvalue weighted by Crippen LogP contribution is -2.29. The molecule has 0 radical (unpaired) electrons. The van der Waals surface area contributed by atoms with Crippen LogP contribution in [-0.2, 0) is 12.4 Å². The summed E-state index contributed by atoms with van der Waals surface area (Å²) >= 11 is 13.5. The number of hydrogen-bond donors (Lipinski definition) is 0. The Morgan fingerprint density at radius 2 is 1.59 bits per heavy atom. The normalized spacial score (nSPS) is 11.0.